The van der Waals surface area contributed by atoms with E-state index in [2.05, 4.69) is 29.1 Å². The highest BCUT2D eigenvalue weighted by atomic mass is 16.6. The summed E-state index contributed by atoms with van der Waals surface area (Å²) in [7, 11) is 0. The first kappa shape index (κ1) is 33.5. The number of benzene rings is 1. The average Bonchev–Trinajstić information content (AvgIpc) is 3.42. The third-order valence-electron chi connectivity index (χ3n) is 7.25. The molecule has 0 heterocycles. The van der Waals surface area contributed by atoms with Crippen LogP contribution >= 0.6 is 0 Å². The number of hydrogen-bond acceptors (Lipinski definition) is 7. The summed E-state index contributed by atoms with van der Waals surface area (Å²) >= 11 is 0. The molecule has 0 aliphatic heterocycles. The number of hydrogen-bond donors (Lipinski definition) is 4. The molecule has 3 amide bonds. The summed E-state index contributed by atoms with van der Waals surface area (Å²) in [4.78, 5) is 51.1. The van der Waals surface area contributed by atoms with E-state index in [1.54, 1.807) is 6.08 Å². The fourth-order valence-electron chi connectivity index (χ4n) is 4.69. The van der Waals surface area contributed by atoms with Crippen molar-refractivity contribution in [2.75, 3.05) is 13.2 Å². The van der Waals surface area contributed by atoms with Gasteiger partial charge in [-0.15, -0.1) is 13.2 Å². The fraction of sp³-hybridized carbons (Fsp3) is 0.548. The molecule has 4 N–H and O–H groups in total. The number of ether oxygens (including phenoxy) is 2. The van der Waals surface area contributed by atoms with Gasteiger partial charge in [0.25, 0.3) is 0 Å². The molecule has 10 heteroatoms. The van der Waals surface area contributed by atoms with E-state index in [4.69, 9.17) is 9.47 Å². The number of alkyl carbamates (subject to hydrolysis) is 1. The number of carbonyl (C=O) groups is 4. The summed E-state index contributed by atoms with van der Waals surface area (Å²) in [6, 6.07) is 7.60. The molecule has 0 unspecified atom stereocenters. The van der Waals surface area contributed by atoms with Crippen molar-refractivity contribution in [3.8, 4) is 0 Å². The molecule has 0 bridgehead atoms. The monoisotopic (exact) mass is 571 g/mol. The van der Waals surface area contributed by atoms with Crippen molar-refractivity contribution in [2.24, 2.45) is 11.8 Å². The van der Waals surface area contributed by atoms with Crippen LogP contribution in [-0.4, -0.2) is 59.8 Å². The van der Waals surface area contributed by atoms with Crippen molar-refractivity contribution in [3.05, 3.63) is 61.2 Å². The highest BCUT2D eigenvalue weighted by Crippen LogP contribution is 2.29. The third-order valence-corrected chi connectivity index (χ3v) is 7.25. The van der Waals surface area contributed by atoms with Gasteiger partial charge < -0.3 is 30.5 Å². The van der Waals surface area contributed by atoms with Crippen molar-refractivity contribution in [1.29, 1.82) is 0 Å². The minimum absolute atomic E-state index is 0.0505. The highest BCUT2D eigenvalue weighted by Gasteiger charge is 2.36. The molecule has 1 aliphatic carbocycles. The van der Waals surface area contributed by atoms with E-state index in [1.807, 2.05) is 44.2 Å². The van der Waals surface area contributed by atoms with Crippen LogP contribution in [0.5, 0.6) is 0 Å². The van der Waals surface area contributed by atoms with Gasteiger partial charge >= 0.3 is 12.1 Å². The fourth-order valence-corrected chi connectivity index (χ4v) is 4.69. The number of carbonyl (C=O) groups excluding carboxylic acids is 4. The van der Waals surface area contributed by atoms with Crippen LogP contribution in [0.2, 0.25) is 0 Å². The Balaban J connectivity index is 1.92. The van der Waals surface area contributed by atoms with Crippen molar-refractivity contribution in [1.82, 2.24) is 16.0 Å². The number of rotatable bonds is 17. The van der Waals surface area contributed by atoms with Gasteiger partial charge in [-0.2, -0.15) is 0 Å². The number of esters is 1. The summed E-state index contributed by atoms with van der Waals surface area (Å²) in [5.41, 5.74) is 0.185. The second-order valence-electron chi connectivity index (χ2n) is 10.9. The zero-order valence-electron chi connectivity index (χ0n) is 24.2. The molecule has 1 fully saturated rings. The van der Waals surface area contributed by atoms with Crippen molar-refractivity contribution >= 4 is 23.9 Å². The zero-order chi connectivity index (χ0) is 30.3. The van der Waals surface area contributed by atoms with Crippen LogP contribution in [0.1, 0.15) is 64.4 Å². The first-order valence-corrected chi connectivity index (χ1v) is 14.2. The summed E-state index contributed by atoms with van der Waals surface area (Å²) in [6.07, 6.45) is 5.95. The lowest BCUT2D eigenvalue weighted by Crippen LogP contribution is -2.51. The van der Waals surface area contributed by atoms with E-state index in [9.17, 15) is 24.3 Å². The molecule has 2 rings (SSSR count). The van der Waals surface area contributed by atoms with E-state index < -0.39 is 35.6 Å². The lowest BCUT2D eigenvalue weighted by molar-refractivity contribution is -0.148. The highest BCUT2D eigenvalue weighted by molar-refractivity contribution is 5.86. The van der Waals surface area contributed by atoms with E-state index in [-0.39, 0.29) is 56.8 Å². The lowest BCUT2D eigenvalue weighted by Gasteiger charge is -2.29. The van der Waals surface area contributed by atoms with Crippen LogP contribution in [0.4, 0.5) is 4.79 Å². The third kappa shape index (κ3) is 11.4. The summed E-state index contributed by atoms with van der Waals surface area (Å²) < 4.78 is 10.7. The first-order chi connectivity index (χ1) is 19.6. The van der Waals surface area contributed by atoms with Gasteiger partial charge in [0.1, 0.15) is 19.3 Å². The molecular formula is C31H45N3O7. The Bertz CT molecular complexity index is 1020. The number of allylic oxidation sites excluding steroid dienone is 1. The molecule has 226 valence electrons. The van der Waals surface area contributed by atoms with Gasteiger partial charge in [0.2, 0.25) is 11.8 Å². The Kier molecular flexibility index (Phi) is 14.1. The average molecular weight is 572 g/mol. The van der Waals surface area contributed by atoms with Crippen LogP contribution in [0.15, 0.2) is 55.6 Å². The molecule has 1 aromatic rings. The SMILES string of the molecule is C=CC[C@H](CC(=O)NC1(CO)CCCC1)C(=O)N[C@H](COC(=O)[C@@H](CC=C)NC(=O)OCc1ccccc1)C(C)C. The minimum atomic E-state index is -1.01. The van der Waals surface area contributed by atoms with E-state index in [1.165, 1.54) is 6.08 Å². The Morgan fingerprint density at radius 2 is 1.66 bits per heavy atom. The van der Waals surface area contributed by atoms with Crippen LogP contribution in [0.3, 0.4) is 0 Å². The second kappa shape index (κ2) is 17.2. The maximum absolute atomic E-state index is 13.2. The van der Waals surface area contributed by atoms with Crippen molar-refractivity contribution in [2.45, 2.75) is 83.0 Å². The number of aliphatic hydroxyl groups is 1. The molecule has 0 radical (unpaired) electrons. The maximum Gasteiger partial charge on any atom is 0.408 e. The van der Waals surface area contributed by atoms with E-state index >= 15 is 0 Å². The molecule has 41 heavy (non-hydrogen) atoms. The van der Waals surface area contributed by atoms with Gasteiger partial charge in [-0.25, -0.2) is 9.59 Å². The summed E-state index contributed by atoms with van der Waals surface area (Å²) in [6.45, 7) is 10.9. The van der Waals surface area contributed by atoms with E-state index in [0.717, 1.165) is 18.4 Å². The van der Waals surface area contributed by atoms with Gasteiger partial charge in [0.05, 0.1) is 24.1 Å². The van der Waals surface area contributed by atoms with E-state index in [0.29, 0.717) is 12.8 Å². The molecule has 0 spiro atoms. The van der Waals surface area contributed by atoms with Crippen LogP contribution in [0.25, 0.3) is 0 Å². The maximum atomic E-state index is 13.2. The Morgan fingerprint density at radius 3 is 2.24 bits per heavy atom. The first-order valence-electron chi connectivity index (χ1n) is 14.2. The largest absolute Gasteiger partial charge is 0.462 e. The Morgan fingerprint density at radius 1 is 1.00 bits per heavy atom. The number of nitrogens with one attached hydrogen (secondary N) is 3. The quantitative estimate of drug-likeness (QED) is 0.165. The number of aliphatic hydroxyl groups excluding tert-OH is 1. The molecule has 3 atom stereocenters. The molecule has 10 nitrogen and oxygen atoms in total. The number of amides is 3. The molecule has 0 aromatic heterocycles. The van der Waals surface area contributed by atoms with Crippen LogP contribution in [-0.2, 0) is 30.5 Å². The summed E-state index contributed by atoms with van der Waals surface area (Å²) in [5, 5.41) is 18.2. The minimum Gasteiger partial charge on any atom is -0.462 e. The summed E-state index contributed by atoms with van der Waals surface area (Å²) in [5.74, 6) is -2.11. The normalized spacial score (nSPS) is 16.1. The Labute approximate surface area is 242 Å². The van der Waals surface area contributed by atoms with Gasteiger partial charge in [-0.05, 0) is 37.2 Å². The van der Waals surface area contributed by atoms with Crippen LogP contribution in [0, 0.1) is 11.8 Å². The van der Waals surface area contributed by atoms with Crippen LogP contribution < -0.4 is 16.0 Å². The zero-order valence-corrected chi connectivity index (χ0v) is 24.2. The van der Waals surface area contributed by atoms with Gasteiger partial charge in [-0.3, -0.25) is 9.59 Å². The van der Waals surface area contributed by atoms with Crippen molar-refractivity contribution < 1.29 is 33.8 Å². The second-order valence-corrected chi connectivity index (χ2v) is 10.9. The Hall–Kier alpha value is -3.66. The predicted molar refractivity (Wildman–Crippen MR) is 155 cm³/mol. The molecule has 1 aromatic carbocycles. The molecule has 0 saturated heterocycles. The van der Waals surface area contributed by atoms with Gasteiger partial charge in [0.15, 0.2) is 0 Å². The predicted octanol–water partition coefficient (Wildman–Crippen LogP) is 3.55. The van der Waals surface area contributed by atoms with Crippen molar-refractivity contribution in [3.63, 3.8) is 0 Å². The van der Waals surface area contributed by atoms with Gasteiger partial charge in [-0.1, -0.05) is 69.2 Å². The molecule has 1 aliphatic rings. The van der Waals surface area contributed by atoms with Gasteiger partial charge in [0, 0.05) is 6.42 Å². The standard InChI is InChI=1S/C31H45N3O7/c1-5-12-24(18-27(36)34-31(21-35)16-10-11-17-31)28(37)32-26(22(3)4)20-40-29(38)25(13-6-2)33-30(39)41-19-23-14-8-7-9-15-23/h5-9,14-15,22,24-26,35H,1-2,10-13,16-21H2,3-4H3,(H,32,37)(H,33,39)(H,34,36)/t24-,25-,26-/m1/s1. The topological polar surface area (TPSA) is 143 Å². The lowest BCUT2D eigenvalue weighted by atomic mass is 9.95. The molecule has 1 saturated carbocycles. The molecular weight excluding hydrogens is 526 g/mol. The smallest absolute Gasteiger partial charge is 0.408 e.